The van der Waals surface area contributed by atoms with Crippen molar-refractivity contribution in [1.29, 1.82) is 0 Å². The van der Waals surface area contributed by atoms with Crippen molar-refractivity contribution in [3.05, 3.63) is 81.0 Å². The Kier molecular flexibility index (Phi) is 6.53. The Morgan fingerprint density at radius 2 is 1.81 bits per heavy atom. The topological polar surface area (TPSA) is 53.4 Å². The van der Waals surface area contributed by atoms with Crippen molar-refractivity contribution in [2.45, 2.75) is 13.5 Å². The first kappa shape index (κ1) is 19.5. The van der Waals surface area contributed by atoms with Gasteiger partial charge in [0.2, 0.25) is 0 Å². The summed E-state index contributed by atoms with van der Waals surface area (Å²) in [5.74, 6) is 0.204. The molecule has 2 aromatic carbocycles. The van der Waals surface area contributed by atoms with E-state index < -0.39 is 5.97 Å². The Bertz CT molecular complexity index is 911. The number of nitrogens with zero attached hydrogens (tertiary/aromatic N) is 2. The van der Waals surface area contributed by atoms with E-state index in [-0.39, 0.29) is 23.9 Å². The number of hydrogen-bond acceptors (Lipinski definition) is 4. The maximum absolute atomic E-state index is 12.4. The van der Waals surface area contributed by atoms with Crippen LogP contribution in [0.2, 0.25) is 5.15 Å². The van der Waals surface area contributed by atoms with Gasteiger partial charge in [0.1, 0.15) is 29.7 Å². The Labute approximate surface area is 171 Å². The van der Waals surface area contributed by atoms with Gasteiger partial charge >= 0.3 is 5.97 Å². The minimum Gasteiger partial charge on any atom is -0.490 e. The molecule has 0 amide bonds. The van der Waals surface area contributed by atoms with Crippen LogP contribution in [0, 0.1) is 6.92 Å². The molecular weight excluding hydrogens is 432 g/mol. The van der Waals surface area contributed by atoms with E-state index in [2.05, 4.69) is 21.0 Å². The first-order valence-corrected chi connectivity index (χ1v) is 9.54. The van der Waals surface area contributed by atoms with Gasteiger partial charge in [-0.3, -0.25) is 0 Å². The molecule has 0 fully saturated rings. The van der Waals surface area contributed by atoms with Gasteiger partial charge in [-0.15, -0.1) is 0 Å². The van der Waals surface area contributed by atoms with Crippen LogP contribution in [0.3, 0.4) is 0 Å². The fourth-order valence-corrected chi connectivity index (χ4v) is 3.12. The number of ether oxygens (including phenoxy) is 2. The quantitative estimate of drug-likeness (QED) is 0.381. The smallest absolute Gasteiger partial charge is 0.343 e. The van der Waals surface area contributed by atoms with Crippen LogP contribution in [0.25, 0.3) is 0 Å². The number of esters is 1. The van der Waals surface area contributed by atoms with Crippen LogP contribution < -0.4 is 4.74 Å². The summed E-state index contributed by atoms with van der Waals surface area (Å²) in [5, 5.41) is 4.63. The zero-order chi connectivity index (χ0) is 19.2. The third-order valence-electron chi connectivity index (χ3n) is 3.84. The van der Waals surface area contributed by atoms with Gasteiger partial charge in [-0.05, 0) is 36.8 Å². The minimum atomic E-state index is -0.504. The molecule has 5 nitrogen and oxygen atoms in total. The summed E-state index contributed by atoms with van der Waals surface area (Å²) in [5.41, 5.74) is 1.87. The maximum atomic E-state index is 12.4. The van der Waals surface area contributed by atoms with E-state index in [1.165, 1.54) is 0 Å². The molecule has 140 valence electrons. The molecule has 0 aliphatic carbocycles. The standard InChI is InChI=1S/C20H18BrClN2O3/c1-14-18(19(22)24(23-14)13-15-5-3-2-4-6-15)20(25)27-12-11-26-17-9-7-16(21)8-10-17/h2-10H,11-13H2,1H3. The zero-order valence-corrected chi connectivity index (χ0v) is 17.0. The van der Waals surface area contributed by atoms with E-state index in [4.69, 9.17) is 21.1 Å². The maximum Gasteiger partial charge on any atom is 0.343 e. The molecule has 0 N–H and O–H groups in total. The lowest BCUT2D eigenvalue weighted by Crippen LogP contribution is -2.13. The second-order valence-corrected chi connectivity index (χ2v) is 7.11. The highest BCUT2D eigenvalue weighted by Gasteiger charge is 2.21. The van der Waals surface area contributed by atoms with Crippen molar-refractivity contribution >= 4 is 33.5 Å². The second-order valence-electron chi connectivity index (χ2n) is 5.83. The van der Waals surface area contributed by atoms with Crippen LogP contribution >= 0.6 is 27.5 Å². The van der Waals surface area contributed by atoms with E-state index in [0.717, 1.165) is 10.0 Å². The molecule has 0 bridgehead atoms. The summed E-state index contributed by atoms with van der Waals surface area (Å²) in [4.78, 5) is 12.4. The molecule has 7 heteroatoms. The van der Waals surface area contributed by atoms with Gasteiger partial charge in [0.25, 0.3) is 0 Å². The molecule has 0 radical (unpaired) electrons. The fourth-order valence-electron chi connectivity index (χ4n) is 2.54. The van der Waals surface area contributed by atoms with Crippen molar-refractivity contribution in [1.82, 2.24) is 9.78 Å². The van der Waals surface area contributed by atoms with Crippen molar-refractivity contribution in [2.75, 3.05) is 13.2 Å². The van der Waals surface area contributed by atoms with E-state index in [1.807, 2.05) is 54.6 Å². The lowest BCUT2D eigenvalue weighted by molar-refractivity contribution is 0.0449. The van der Waals surface area contributed by atoms with Gasteiger partial charge < -0.3 is 9.47 Å². The fraction of sp³-hybridized carbons (Fsp3) is 0.200. The molecule has 1 heterocycles. The highest BCUT2D eigenvalue weighted by atomic mass is 79.9. The number of halogens is 2. The van der Waals surface area contributed by atoms with E-state index in [0.29, 0.717) is 18.0 Å². The van der Waals surface area contributed by atoms with Crippen molar-refractivity contribution in [3.8, 4) is 5.75 Å². The molecule has 3 aromatic rings. The Hall–Kier alpha value is -2.31. The Morgan fingerprint density at radius 1 is 1.11 bits per heavy atom. The van der Waals surface area contributed by atoms with Gasteiger partial charge in [-0.25, -0.2) is 9.48 Å². The van der Waals surface area contributed by atoms with Gasteiger partial charge in [-0.2, -0.15) is 5.10 Å². The molecule has 0 spiro atoms. The number of rotatable bonds is 7. The average Bonchev–Trinajstić information content (AvgIpc) is 2.94. The number of carbonyl (C=O) groups is 1. The summed E-state index contributed by atoms with van der Waals surface area (Å²) in [6.45, 7) is 2.60. The van der Waals surface area contributed by atoms with Gasteiger partial charge in [-0.1, -0.05) is 57.9 Å². The molecular formula is C20H18BrClN2O3. The molecule has 0 saturated carbocycles. The first-order valence-electron chi connectivity index (χ1n) is 8.37. The largest absolute Gasteiger partial charge is 0.490 e. The molecule has 0 atom stereocenters. The van der Waals surface area contributed by atoms with Crippen LogP contribution in [0.15, 0.2) is 59.1 Å². The molecule has 1 aromatic heterocycles. The van der Waals surface area contributed by atoms with Crippen LogP contribution in [-0.2, 0) is 11.3 Å². The van der Waals surface area contributed by atoms with Gasteiger partial charge in [0.15, 0.2) is 0 Å². The lowest BCUT2D eigenvalue weighted by Gasteiger charge is -2.08. The third kappa shape index (κ3) is 5.11. The molecule has 0 aliphatic rings. The summed E-state index contributed by atoms with van der Waals surface area (Å²) in [6, 6.07) is 17.2. The number of aryl methyl sites for hydroxylation is 1. The molecule has 0 aliphatic heterocycles. The highest BCUT2D eigenvalue weighted by Crippen LogP contribution is 2.22. The highest BCUT2D eigenvalue weighted by molar-refractivity contribution is 9.10. The predicted molar refractivity (Wildman–Crippen MR) is 107 cm³/mol. The SMILES string of the molecule is Cc1nn(Cc2ccccc2)c(Cl)c1C(=O)OCCOc1ccc(Br)cc1. The van der Waals surface area contributed by atoms with Crippen LogP contribution in [0.4, 0.5) is 0 Å². The van der Waals surface area contributed by atoms with Crippen molar-refractivity contribution < 1.29 is 14.3 Å². The first-order chi connectivity index (χ1) is 13.0. The van der Waals surface area contributed by atoms with E-state index in [1.54, 1.807) is 11.6 Å². The predicted octanol–water partition coefficient (Wildman–Crippen LogP) is 4.89. The minimum absolute atomic E-state index is 0.120. The average molecular weight is 450 g/mol. The number of benzene rings is 2. The molecule has 0 saturated heterocycles. The summed E-state index contributed by atoms with van der Waals surface area (Å²) in [6.07, 6.45) is 0. The second kappa shape index (κ2) is 9.06. The van der Waals surface area contributed by atoms with E-state index >= 15 is 0 Å². The normalized spacial score (nSPS) is 10.6. The Morgan fingerprint density at radius 3 is 2.52 bits per heavy atom. The van der Waals surface area contributed by atoms with Crippen LogP contribution in [0.5, 0.6) is 5.75 Å². The molecule has 0 unspecified atom stereocenters. The van der Waals surface area contributed by atoms with Crippen LogP contribution in [0.1, 0.15) is 21.6 Å². The molecule has 27 heavy (non-hydrogen) atoms. The third-order valence-corrected chi connectivity index (χ3v) is 4.76. The zero-order valence-electron chi connectivity index (χ0n) is 14.7. The monoisotopic (exact) mass is 448 g/mol. The summed E-state index contributed by atoms with van der Waals surface area (Å²) in [7, 11) is 0. The van der Waals surface area contributed by atoms with Crippen molar-refractivity contribution in [3.63, 3.8) is 0 Å². The van der Waals surface area contributed by atoms with Crippen molar-refractivity contribution in [2.24, 2.45) is 0 Å². The number of aromatic nitrogens is 2. The van der Waals surface area contributed by atoms with Gasteiger partial charge in [0.05, 0.1) is 12.2 Å². The Balaban J connectivity index is 1.57. The molecule has 3 rings (SSSR count). The number of hydrogen-bond donors (Lipinski definition) is 0. The van der Waals surface area contributed by atoms with Gasteiger partial charge in [0, 0.05) is 4.47 Å². The summed E-state index contributed by atoms with van der Waals surface area (Å²) < 4.78 is 13.4. The van der Waals surface area contributed by atoms with E-state index in [9.17, 15) is 4.79 Å². The number of carbonyl (C=O) groups excluding carboxylic acids is 1. The van der Waals surface area contributed by atoms with Crippen LogP contribution in [-0.4, -0.2) is 29.0 Å². The summed E-state index contributed by atoms with van der Waals surface area (Å²) >= 11 is 9.72. The lowest BCUT2D eigenvalue weighted by atomic mass is 10.2.